The van der Waals surface area contributed by atoms with E-state index in [4.69, 9.17) is 4.55 Å². The molecular weight excluding hydrogens is 211 g/mol. The van der Waals surface area contributed by atoms with Crippen LogP contribution in [0.5, 0.6) is 0 Å². The monoisotopic (exact) mass is 218 g/mol. The maximum absolute atomic E-state index is 9.19. The first-order chi connectivity index (χ1) is 2.00. The number of hydrogen-bond donors (Lipinski definition) is 1. The van der Waals surface area contributed by atoms with Gasteiger partial charge >= 0.3 is 23.9 Å². The molecule has 2 radical (unpaired) electrons. The standard InChI is InChI=1S/CH4O3S.Sn.2H/c1-5(2,3)4;;;/h1H3,(H,2,3,4);;;. The first-order valence-corrected chi connectivity index (χ1v) is 2.77. The summed E-state index contributed by atoms with van der Waals surface area (Å²) in [7, 11) is -3.67. The first-order valence-electron chi connectivity index (χ1n) is 0.924. The predicted octanol–water partition coefficient (Wildman–Crippen LogP) is -1.41. The predicted molar refractivity (Wildman–Crippen MR) is 26.0 cm³/mol. The van der Waals surface area contributed by atoms with Crippen molar-refractivity contribution in [2.45, 2.75) is 0 Å². The van der Waals surface area contributed by atoms with Crippen molar-refractivity contribution in [1.82, 2.24) is 0 Å². The molecule has 0 bridgehead atoms. The molecule has 6 heavy (non-hydrogen) atoms. The molecular formula is CH6O3SSn. The number of hydrogen-bond acceptors (Lipinski definition) is 2. The second-order valence-electron chi connectivity index (χ2n) is 0.733. The molecule has 0 aliphatic heterocycles. The van der Waals surface area contributed by atoms with Gasteiger partial charge in [0.15, 0.2) is 0 Å². The molecule has 0 saturated carbocycles. The molecule has 0 aromatic rings. The van der Waals surface area contributed by atoms with E-state index in [1.54, 1.807) is 0 Å². The molecule has 0 aliphatic rings. The minimum atomic E-state index is -3.67. The summed E-state index contributed by atoms with van der Waals surface area (Å²) in [6, 6.07) is 0. The molecule has 0 amide bonds. The van der Waals surface area contributed by atoms with Crippen molar-refractivity contribution in [2.75, 3.05) is 6.26 Å². The van der Waals surface area contributed by atoms with E-state index in [1.165, 1.54) is 0 Å². The fraction of sp³-hybridized carbons (Fsp3) is 1.00. The minimum absolute atomic E-state index is 0. The van der Waals surface area contributed by atoms with Crippen LogP contribution < -0.4 is 0 Å². The summed E-state index contributed by atoms with van der Waals surface area (Å²) in [4.78, 5) is 0. The Bertz CT molecular complexity index is 94.0. The molecule has 0 aliphatic carbocycles. The van der Waals surface area contributed by atoms with E-state index in [0.717, 1.165) is 0 Å². The molecule has 0 fully saturated rings. The van der Waals surface area contributed by atoms with Crippen molar-refractivity contribution in [2.24, 2.45) is 0 Å². The third kappa shape index (κ3) is 129. The Labute approximate surface area is 53.4 Å². The van der Waals surface area contributed by atoms with Gasteiger partial charge in [0.25, 0.3) is 10.1 Å². The Hall–Kier alpha value is 0.709. The van der Waals surface area contributed by atoms with Crippen molar-refractivity contribution >= 4 is 34.0 Å². The van der Waals surface area contributed by atoms with Gasteiger partial charge in [-0.05, 0) is 0 Å². The van der Waals surface area contributed by atoms with Crippen LogP contribution in [0.3, 0.4) is 0 Å². The average Bonchev–Trinajstić information content (AvgIpc) is 0.722. The third-order valence-corrected chi connectivity index (χ3v) is 0. The van der Waals surface area contributed by atoms with E-state index in [2.05, 4.69) is 0 Å². The van der Waals surface area contributed by atoms with Gasteiger partial charge in [-0.1, -0.05) is 0 Å². The summed E-state index contributed by atoms with van der Waals surface area (Å²) in [6.45, 7) is 0. The van der Waals surface area contributed by atoms with Crippen LogP contribution in [0.1, 0.15) is 0 Å². The zero-order valence-electron chi connectivity index (χ0n) is 3.38. The van der Waals surface area contributed by atoms with Crippen molar-refractivity contribution in [3.8, 4) is 0 Å². The molecule has 5 heteroatoms. The van der Waals surface area contributed by atoms with Crippen LogP contribution in [0.2, 0.25) is 0 Å². The van der Waals surface area contributed by atoms with E-state index in [0.29, 0.717) is 6.26 Å². The SMILES string of the molecule is CS(=O)(=O)O.[SnH2]. The van der Waals surface area contributed by atoms with Gasteiger partial charge in [-0.3, -0.25) is 4.55 Å². The molecule has 0 rings (SSSR count). The van der Waals surface area contributed by atoms with Gasteiger partial charge in [-0.25, -0.2) is 0 Å². The fourth-order valence-electron chi connectivity index (χ4n) is 0. The molecule has 0 unspecified atom stereocenters. The summed E-state index contributed by atoms with van der Waals surface area (Å²) >= 11 is 0. The molecule has 0 aromatic heterocycles. The van der Waals surface area contributed by atoms with Crippen LogP contribution in [0, 0.1) is 0 Å². The Kier molecular flexibility index (Phi) is 4.62. The fourth-order valence-corrected chi connectivity index (χ4v) is 0. The quantitative estimate of drug-likeness (QED) is 0.400. The van der Waals surface area contributed by atoms with Gasteiger partial charge in [-0.15, -0.1) is 0 Å². The van der Waals surface area contributed by atoms with Crippen molar-refractivity contribution < 1.29 is 13.0 Å². The zero-order valence-corrected chi connectivity index (χ0v) is 8.23. The third-order valence-electron chi connectivity index (χ3n) is 0. The van der Waals surface area contributed by atoms with Gasteiger partial charge in [0.05, 0.1) is 6.26 Å². The Morgan fingerprint density at radius 2 is 1.50 bits per heavy atom. The van der Waals surface area contributed by atoms with Crippen molar-refractivity contribution in [3.63, 3.8) is 0 Å². The normalized spacial score (nSPS) is 9.67. The topological polar surface area (TPSA) is 54.4 Å². The van der Waals surface area contributed by atoms with Gasteiger partial charge in [-0.2, -0.15) is 8.42 Å². The van der Waals surface area contributed by atoms with E-state index in [-0.39, 0.29) is 23.9 Å². The summed E-state index contributed by atoms with van der Waals surface area (Å²) in [6.07, 6.45) is 0.715. The summed E-state index contributed by atoms with van der Waals surface area (Å²) < 4.78 is 25.9. The summed E-state index contributed by atoms with van der Waals surface area (Å²) in [5.74, 6) is 0. The van der Waals surface area contributed by atoms with E-state index < -0.39 is 10.1 Å². The van der Waals surface area contributed by atoms with Crippen LogP contribution in [0.4, 0.5) is 0 Å². The number of rotatable bonds is 0. The van der Waals surface area contributed by atoms with E-state index in [9.17, 15) is 8.42 Å². The van der Waals surface area contributed by atoms with Crippen LogP contribution in [-0.2, 0) is 10.1 Å². The van der Waals surface area contributed by atoms with Gasteiger partial charge in [0.1, 0.15) is 0 Å². The molecule has 0 spiro atoms. The Morgan fingerprint density at radius 1 is 1.50 bits per heavy atom. The van der Waals surface area contributed by atoms with Crippen LogP contribution in [-0.4, -0.2) is 43.1 Å². The Balaban J connectivity index is 0. The average molecular weight is 217 g/mol. The molecule has 0 aromatic carbocycles. The van der Waals surface area contributed by atoms with Gasteiger partial charge in [0, 0.05) is 0 Å². The van der Waals surface area contributed by atoms with Crippen LogP contribution in [0.15, 0.2) is 0 Å². The van der Waals surface area contributed by atoms with Crippen molar-refractivity contribution in [3.05, 3.63) is 0 Å². The van der Waals surface area contributed by atoms with Crippen LogP contribution >= 0.6 is 0 Å². The molecule has 0 atom stereocenters. The molecule has 38 valence electrons. The second kappa shape index (κ2) is 2.81. The maximum atomic E-state index is 9.19. The summed E-state index contributed by atoms with van der Waals surface area (Å²) in [5.41, 5.74) is 0. The second-order valence-corrected chi connectivity index (χ2v) is 2.20. The summed E-state index contributed by atoms with van der Waals surface area (Å²) in [5, 5.41) is 0. The molecule has 1 N–H and O–H groups in total. The molecule has 0 heterocycles. The molecule has 0 saturated heterocycles. The van der Waals surface area contributed by atoms with Crippen molar-refractivity contribution in [1.29, 1.82) is 0 Å². The molecule has 3 nitrogen and oxygen atoms in total. The first kappa shape index (κ1) is 9.86. The van der Waals surface area contributed by atoms with Gasteiger partial charge < -0.3 is 0 Å². The zero-order chi connectivity index (χ0) is 4.50. The van der Waals surface area contributed by atoms with Crippen LogP contribution in [0.25, 0.3) is 0 Å². The van der Waals surface area contributed by atoms with E-state index >= 15 is 0 Å². The van der Waals surface area contributed by atoms with Gasteiger partial charge in [0.2, 0.25) is 0 Å². The Morgan fingerprint density at radius 3 is 1.50 bits per heavy atom. The van der Waals surface area contributed by atoms with E-state index in [1.807, 2.05) is 0 Å².